The maximum absolute atomic E-state index is 12.9. The third-order valence-corrected chi connectivity index (χ3v) is 5.50. The summed E-state index contributed by atoms with van der Waals surface area (Å²) in [7, 11) is 0. The van der Waals surface area contributed by atoms with Gasteiger partial charge >= 0.3 is 12.1 Å². The number of nitrogens with one attached hydrogen (secondary N) is 1. The van der Waals surface area contributed by atoms with Crippen molar-refractivity contribution >= 4 is 28.7 Å². The number of halogens is 3. The maximum Gasteiger partial charge on any atom is 0.416 e. The van der Waals surface area contributed by atoms with E-state index in [-0.39, 0.29) is 25.4 Å². The smallest absolute Gasteiger partial charge is 0.416 e. The number of unbranched alkanes of at least 4 members (excludes halogenated alkanes) is 1. The van der Waals surface area contributed by atoms with Crippen LogP contribution in [0.2, 0.25) is 0 Å². The molecule has 35 heavy (non-hydrogen) atoms. The first-order chi connectivity index (χ1) is 16.6. The number of carbonyl (C=O) groups is 2. The van der Waals surface area contributed by atoms with Crippen LogP contribution in [0, 0.1) is 6.92 Å². The molecule has 10 heteroatoms. The molecule has 0 saturated carbocycles. The molecule has 1 amide bonds. The van der Waals surface area contributed by atoms with Gasteiger partial charge in [0.25, 0.3) is 0 Å². The van der Waals surface area contributed by atoms with Crippen molar-refractivity contribution in [3.05, 3.63) is 53.0 Å². The molecule has 0 fully saturated rings. The van der Waals surface area contributed by atoms with E-state index in [1.807, 2.05) is 4.57 Å². The van der Waals surface area contributed by atoms with Crippen LogP contribution < -0.4 is 5.32 Å². The Morgan fingerprint density at radius 3 is 2.43 bits per heavy atom. The Bertz CT molecular complexity index is 1190. The Kier molecular flexibility index (Phi) is 8.48. The third kappa shape index (κ3) is 6.80. The van der Waals surface area contributed by atoms with E-state index in [2.05, 4.69) is 17.2 Å². The SMILES string of the molecule is CCCCc1nc2cc(NC(=O)CCC(=O)OCC)c(C)nc2n1Cc1ccc(C(F)(F)F)cc1. The molecule has 2 heterocycles. The van der Waals surface area contributed by atoms with Crippen molar-refractivity contribution in [3.8, 4) is 0 Å². The van der Waals surface area contributed by atoms with Crippen LogP contribution in [0.25, 0.3) is 11.2 Å². The van der Waals surface area contributed by atoms with E-state index in [9.17, 15) is 22.8 Å². The van der Waals surface area contributed by atoms with Gasteiger partial charge in [0, 0.05) is 12.8 Å². The number of esters is 1. The van der Waals surface area contributed by atoms with Crippen LogP contribution >= 0.6 is 0 Å². The van der Waals surface area contributed by atoms with E-state index in [0.717, 1.165) is 30.8 Å². The summed E-state index contributed by atoms with van der Waals surface area (Å²) in [6, 6.07) is 6.80. The summed E-state index contributed by atoms with van der Waals surface area (Å²) in [5, 5.41) is 2.78. The number of hydrogen-bond acceptors (Lipinski definition) is 5. The summed E-state index contributed by atoms with van der Waals surface area (Å²) in [5.41, 5.74) is 2.24. The zero-order valence-electron chi connectivity index (χ0n) is 20.0. The molecule has 1 aromatic carbocycles. The number of ether oxygens (including phenoxy) is 1. The number of hydrogen-bond donors (Lipinski definition) is 1. The largest absolute Gasteiger partial charge is 0.466 e. The number of fused-ring (bicyclic) bond motifs is 1. The number of nitrogens with zero attached hydrogens (tertiary/aromatic N) is 3. The summed E-state index contributed by atoms with van der Waals surface area (Å²) >= 11 is 0. The third-order valence-electron chi connectivity index (χ3n) is 5.50. The van der Waals surface area contributed by atoms with Crippen molar-refractivity contribution in [2.75, 3.05) is 11.9 Å². The van der Waals surface area contributed by atoms with Crippen molar-refractivity contribution in [3.63, 3.8) is 0 Å². The van der Waals surface area contributed by atoms with Gasteiger partial charge in [-0.15, -0.1) is 0 Å². The first-order valence-corrected chi connectivity index (χ1v) is 11.6. The molecule has 0 atom stereocenters. The maximum atomic E-state index is 12.9. The average molecular weight is 491 g/mol. The second-order valence-corrected chi connectivity index (χ2v) is 8.23. The van der Waals surface area contributed by atoms with Crippen LogP contribution in [0.5, 0.6) is 0 Å². The molecule has 0 saturated heterocycles. The molecule has 0 aliphatic heterocycles. The van der Waals surface area contributed by atoms with E-state index < -0.39 is 17.7 Å². The van der Waals surface area contributed by atoms with E-state index in [0.29, 0.717) is 41.1 Å². The van der Waals surface area contributed by atoms with Gasteiger partial charge in [0.2, 0.25) is 5.91 Å². The Morgan fingerprint density at radius 2 is 1.80 bits per heavy atom. The minimum absolute atomic E-state index is 0.0135. The lowest BCUT2D eigenvalue weighted by atomic mass is 10.1. The highest BCUT2D eigenvalue weighted by atomic mass is 19.4. The van der Waals surface area contributed by atoms with Gasteiger partial charge in [-0.2, -0.15) is 13.2 Å². The fraction of sp³-hybridized carbons (Fsp3) is 0.440. The number of aryl methyl sites for hydroxylation is 2. The second kappa shape index (κ2) is 11.3. The number of pyridine rings is 1. The highest BCUT2D eigenvalue weighted by Crippen LogP contribution is 2.30. The number of aromatic nitrogens is 3. The zero-order valence-corrected chi connectivity index (χ0v) is 20.0. The molecule has 0 radical (unpaired) electrons. The normalized spacial score (nSPS) is 11.6. The van der Waals surface area contributed by atoms with Gasteiger partial charge in [-0.1, -0.05) is 25.5 Å². The molecule has 0 aliphatic carbocycles. The monoisotopic (exact) mass is 490 g/mol. The fourth-order valence-electron chi connectivity index (χ4n) is 3.65. The molecular formula is C25H29F3N4O3. The second-order valence-electron chi connectivity index (χ2n) is 8.23. The van der Waals surface area contributed by atoms with E-state index in [1.165, 1.54) is 12.1 Å². The molecule has 2 aromatic heterocycles. The molecule has 188 valence electrons. The lowest BCUT2D eigenvalue weighted by Crippen LogP contribution is -2.15. The Balaban J connectivity index is 1.87. The molecule has 1 N–H and O–H groups in total. The van der Waals surface area contributed by atoms with Crippen molar-refractivity contribution < 1.29 is 27.5 Å². The lowest BCUT2D eigenvalue weighted by molar-refractivity contribution is -0.144. The summed E-state index contributed by atoms with van der Waals surface area (Å²) in [4.78, 5) is 33.2. The van der Waals surface area contributed by atoms with Crippen molar-refractivity contribution in [1.29, 1.82) is 0 Å². The summed E-state index contributed by atoms with van der Waals surface area (Å²) in [6.45, 7) is 6.10. The fourth-order valence-corrected chi connectivity index (χ4v) is 3.65. The van der Waals surface area contributed by atoms with Gasteiger partial charge in [-0.05, 0) is 44.0 Å². The summed E-state index contributed by atoms with van der Waals surface area (Å²) in [5.74, 6) is 0.00709. The molecule has 3 rings (SSSR count). The van der Waals surface area contributed by atoms with E-state index in [4.69, 9.17) is 9.72 Å². The molecule has 7 nitrogen and oxygen atoms in total. The molecule has 0 aliphatic rings. The molecule has 3 aromatic rings. The number of rotatable bonds is 10. The molecule has 0 spiro atoms. The lowest BCUT2D eigenvalue weighted by Gasteiger charge is -2.12. The highest BCUT2D eigenvalue weighted by molar-refractivity contribution is 5.94. The predicted octanol–water partition coefficient (Wildman–Crippen LogP) is 5.43. The van der Waals surface area contributed by atoms with Gasteiger partial charge in [0.15, 0.2) is 5.65 Å². The standard InChI is InChI=1S/C25H29F3N4O3/c1-4-6-7-21-30-20-14-19(31-22(33)12-13-23(34)35-5-2)16(3)29-24(20)32(21)15-17-8-10-18(11-9-17)25(26,27)28/h8-11,14H,4-7,12-13,15H2,1-3H3,(H,31,33). The first-order valence-electron chi connectivity index (χ1n) is 11.6. The van der Waals surface area contributed by atoms with Gasteiger partial charge < -0.3 is 14.6 Å². The number of carbonyl (C=O) groups excluding carboxylic acids is 2. The van der Waals surface area contributed by atoms with Crippen LogP contribution in [0.3, 0.4) is 0 Å². The van der Waals surface area contributed by atoms with Crippen molar-refractivity contribution in [2.45, 2.75) is 65.6 Å². The van der Waals surface area contributed by atoms with Crippen LogP contribution in [0.15, 0.2) is 30.3 Å². The summed E-state index contributed by atoms with van der Waals surface area (Å²) < 4.78 is 45.5. The van der Waals surface area contributed by atoms with Crippen LogP contribution in [-0.4, -0.2) is 33.0 Å². The van der Waals surface area contributed by atoms with Crippen molar-refractivity contribution in [1.82, 2.24) is 14.5 Å². The van der Waals surface area contributed by atoms with Gasteiger partial charge in [-0.25, -0.2) is 9.97 Å². The molecule has 0 unspecified atom stereocenters. The molecular weight excluding hydrogens is 461 g/mol. The Morgan fingerprint density at radius 1 is 1.09 bits per heavy atom. The van der Waals surface area contributed by atoms with Gasteiger partial charge in [-0.3, -0.25) is 9.59 Å². The first kappa shape index (κ1) is 26.2. The average Bonchev–Trinajstić information content (AvgIpc) is 3.12. The van der Waals surface area contributed by atoms with Gasteiger partial charge in [0.05, 0.1) is 36.5 Å². The van der Waals surface area contributed by atoms with Crippen LogP contribution in [-0.2, 0) is 33.5 Å². The number of benzene rings is 1. The molecule has 0 bridgehead atoms. The quantitative estimate of drug-likeness (QED) is 0.383. The van der Waals surface area contributed by atoms with Crippen LogP contribution in [0.1, 0.15) is 62.2 Å². The Hall–Kier alpha value is -3.43. The van der Waals surface area contributed by atoms with E-state index in [1.54, 1.807) is 19.9 Å². The minimum Gasteiger partial charge on any atom is -0.466 e. The zero-order chi connectivity index (χ0) is 25.6. The predicted molar refractivity (Wildman–Crippen MR) is 126 cm³/mol. The van der Waals surface area contributed by atoms with Crippen molar-refractivity contribution in [2.24, 2.45) is 0 Å². The Labute approximate surface area is 201 Å². The minimum atomic E-state index is -4.39. The van der Waals surface area contributed by atoms with Crippen LogP contribution in [0.4, 0.5) is 18.9 Å². The number of anilines is 1. The number of imidazole rings is 1. The highest BCUT2D eigenvalue weighted by Gasteiger charge is 2.30. The van der Waals surface area contributed by atoms with E-state index >= 15 is 0 Å². The number of alkyl halides is 3. The number of amides is 1. The summed E-state index contributed by atoms with van der Waals surface area (Å²) in [6.07, 6.45) is -1.88. The topological polar surface area (TPSA) is 86.1 Å². The van der Waals surface area contributed by atoms with Gasteiger partial charge in [0.1, 0.15) is 11.3 Å².